The number of aromatic nitrogens is 2. The van der Waals surface area contributed by atoms with Crippen molar-refractivity contribution in [2.45, 2.75) is 6.18 Å². The summed E-state index contributed by atoms with van der Waals surface area (Å²) in [5.74, 6) is 1.05. The maximum Gasteiger partial charge on any atom is 0.431 e. The van der Waals surface area contributed by atoms with Crippen molar-refractivity contribution >= 4 is 21.9 Å². The first kappa shape index (κ1) is 18.8. The summed E-state index contributed by atoms with van der Waals surface area (Å²) in [6, 6.07) is 13.2. The second kappa shape index (κ2) is 6.80. The van der Waals surface area contributed by atoms with E-state index >= 15 is 0 Å². The Morgan fingerprint density at radius 2 is 1.55 bits per heavy atom. The van der Waals surface area contributed by atoms with E-state index < -0.39 is 17.3 Å². The summed E-state index contributed by atoms with van der Waals surface area (Å²) in [6.07, 6.45) is -4.75. The zero-order valence-corrected chi connectivity index (χ0v) is 15.4. The van der Waals surface area contributed by atoms with Crippen LogP contribution in [0.3, 0.4) is 0 Å². The van der Waals surface area contributed by atoms with Crippen LogP contribution in [-0.2, 0) is 6.18 Å². The lowest BCUT2D eigenvalue weighted by Crippen LogP contribution is -2.21. The number of rotatable bonds is 3. The molecule has 0 unspecified atom stereocenters. The summed E-state index contributed by atoms with van der Waals surface area (Å²) in [4.78, 5) is 16.9. The normalized spacial score (nSPS) is 11.8. The van der Waals surface area contributed by atoms with E-state index in [-0.39, 0.29) is 16.7 Å². The number of halogens is 3. The number of nitrogens with zero attached hydrogens (tertiary/aromatic N) is 2. The number of fused-ring (bicyclic) bond motifs is 2. The van der Waals surface area contributed by atoms with Crippen molar-refractivity contribution in [2.75, 3.05) is 14.2 Å². The van der Waals surface area contributed by atoms with Gasteiger partial charge in [-0.05, 0) is 48.5 Å². The van der Waals surface area contributed by atoms with Gasteiger partial charge in [-0.15, -0.1) is 0 Å². The van der Waals surface area contributed by atoms with Crippen LogP contribution in [0.25, 0.3) is 27.6 Å². The Kier molecular flexibility index (Phi) is 4.41. The molecule has 0 aliphatic rings. The van der Waals surface area contributed by atoms with Crippen LogP contribution < -0.4 is 14.9 Å². The van der Waals surface area contributed by atoms with Crippen LogP contribution in [0.15, 0.2) is 59.4 Å². The Balaban J connectivity index is 2.12. The molecule has 0 saturated heterocycles. The molecule has 0 aliphatic carbocycles. The fourth-order valence-electron chi connectivity index (χ4n) is 3.20. The number of alkyl halides is 3. The van der Waals surface area contributed by atoms with Crippen molar-refractivity contribution in [3.05, 3.63) is 70.5 Å². The second-order valence-electron chi connectivity index (χ2n) is 6.34. The van der Waals surface area contributed by atoms with Crippen LogP contribution in [-0.4, -0.2) is 23.8 Å². The van der Waals surface area contributed by atoms with E-state index in [9.17, 15) is 18.0 Å². The van der Waals surface area contributed by atoms with Gasteiger partial charge in [-0.25, -0.2) is 4.98 Å². The third-order valence-electron chi connectivity index (χ3n) is 4.61. The topological polar surface area (TPSA) is 53.4 Å². The third kappa shape index (κ3) is 3.26. The first-order chi connectivity index (χ1) is 13.8. The van der Waals surface area contributed by atoms with Gasteiger partial charge in [-0.2, -0.15) is 13.2 Å². The average Bonchev–Trinajstić information content (AvgIpc) is 2.71. The molecular formula is C21H15F3N2O3. The Morgan fingerprint density at radius 3 is 2.17 bits per heavy atom. The van der Waals surface area contributed by atoms with Gasteiger partial charge in [-0.1, -0.05) is 0 Å². The van der Waals surface area contributed by atoms with Crippen LogP contribution >= 0.6 is 0 Å². The molecule has 0 N–H and O–H groups in total. The van der Waals surface area contributed by atoms with Crippen molar-refractivity contribution in [1.82, 2.24) is 9.55 Å². The molecule has 0 radical (unpaired) electrons. The standard InChI is InChI=1S/C21H15F3N2O3/c1-28-14-5-3-13(4-6-14)26-19(21(22,23)24)11-18(27)16-10-12-9-15(29-2)7-8-17(12)25-20(16)26/h3-11H,1-2H3. The van der Waals surface area contributed by atoms with Crippen molar-refractivity contribution in [3.63, 3.8) is 0 Å². The van der Waals surface area contributed by atoms with Crippen LogP contribution in [0, 0.1) is 0 Å². The molecule has 0 atom stereocenters. The molecule has 0 saturated carbocycles. The molecular weight excluding hydrogens is 385 g/mol. The van der Waals surface area contributed by atoms with Crippen LogP contribution in [0.2, 0.25) is 0 Å². The molecule has 148 valence electrons. The zero-order chi connectivity index (χ0) is 20.8. The van der Waals surface area contributed by atoms with Crippen LogP contribution in [0.4, 0.5) is 13.2 Å². The largest absolute Gasteiger partial charge is 0.497 e. The van der Waals surface area contributed by atoms with Crippen LogP contribution in [0.5, 0.6) is 11.5 Å². The first-order valence-electron chi connectivity index (χ1n) is 8.58. The Labute approximate surface area is 162 Å². The molecule has 8 heteroatoms. The summed E-state index contributed by atoms with van der Waals surface area (Å²) in [5, 5.41) is 0.671. The molecule has 4 rings (SSSR count). The van der Waals surface area contributed by atoms with E-state index in [0.717, 1.165) is 4.57 Å². The molecule has 0 spiro atoms. The summed E-state index contributed by atoms with van der Waals surface area (Å²) in [7, 11) is 2.97. The van der Waals surface area contributed by atoms with Gasteiger partial charge in [0.05, 0.1) is 25.1 Å². The minimum Gasteiger partial charge on any atom is -0.497 e. The van der Waals surface area contributed by atoms with Gasteiger partial charge >= 0.3 is 6.18 Å². The lowest BCUT2D eigenvalue weighted by atomic mass is 10.1. The summed E-state index contributed by atoms with van der Waals surface area (Å²) < 4.78 is 52.5. The lowest BCUT2D eigenvalue weighted by molar-refractivity contribution is -0.142. The average molecular weight is 400 g/mol. The fraction of sp³-hybridized carbons (Fsp3) is 0.143. The predicted octanol–water partition coefficient (Wildman–Crippen LogP) is 4.57. The van der Waals surface area contributed by atoms with Gasteiger partial charge in [0.2, 0.25) is 0 Å². The molecule has 0 fully saturated rings. The SMILES string of the molecule is COc1ccc(-n2c(C(F)(F)F)cc(=O)c3cc4cc(OC)ccc4nc32)cc1. The number of methoxy groups -OCH3 is 2. The van der Waals surface area contributed by atoms with E-state index in [1.807, 2.05) is 0 Å². The Bertz CT molecular complexity index is 1280. The van der Waals surface area contributed by atoms with E-state index in [1.165, 1.54) is 32.4 Å². The zero-order valence-electron chi connectivity index (χ0n) is 15.4. The molecule has 0 bridgehead atoms. The van der Waals surface area contributed by atoms with Gasteiger partial charge in [-0.3, -0.25) is 9.36 Å². The summed E-state index contributed by atoms with van der Waals surface area (Å²) in [5.41, 5.74) is -1.27. The van der Waals surface area contributed by atoms with Crippen molar-refractivity contribution in [3.8, 4) is 17.2 Å². The summed E-state index contributed by atoms with van der Waals surface area (Å²) >= 11 is 0. The van der Waals surface area contributed by atoms with Gasteiger partial charge in [0.15, 0.2) is 5.43 Å². The lowest BCUT2D eigenvalue weighted by Gasteiger charge is -2.19. The number of benzene rings is 2. The molecule has 29 heavy (non-hydrogen) atoms. The van der Waals surface area contributed by atoms with E-state index in [4.69, 9.17) is 9.47 Å². The predicted molar refractivity (Wildman–Crippen MR) is 103 cm³/mol. The maximum atomic E-state index is 13.8. The highest BCUT2D eigenvalue weighted by atomic mass is 19.4. The minimum atomic E-state index is -4.75. The third-order valence-corrected chi connectivity index (χ3v) is 4.61. The molecule has 2 aromatic heterocycles. The van der Waals surface area contributed by atoms with Gasteiger partial charge in [0.25, 0.3) is 0 Å². The number of hydrogen-bond acceptors (Lipinski definition) is 4. The molecule has 5 nitrogen and oxygen atoms in total. The second-order valence-corrected chi connectivity index (χ2v) is 6.34. The van der Waals surface area contributed by atoms with Gasteiger partial charge in [0, 0.05) is 17.1 Å². The number of ether oxygens (including phenoxy) is 2. The van der Waals surface area contributed by atoms with Crippen LogP contribution in [0.1, 0.15) is 5.69 Å². The van der Waals surface area contributed by atoms with Crippen molar-refractivity contribution in [1.29, 1.82) is 0 Å². The number of pyridine rings is 2. The maximum absolute atomic E-state index is 13.8. The molecule has 0 amide bonds. The highest BCUT2D eigenvalue weighted by Gasteiger charge is 2.36. The Morgan fingerprint density at radius 1 is 0.897 bits per heavy atom. The highest BCUT2D eigenvalue weighted by molar-refractivity contribution is 5.92. The monoisotopic (exact) mass is 400 g/mol. The van der Waals surface area contributed by atoms with E-state index in [0.29, 0.717) is 28.5 Å². The number of hydrogen-bond donors (Lipinski definition) is 0. The fourth-order valence-corrected chi connectivity index (χ4v) is 3.20. The van der Waals surface area contributed by atoms with Crippen molar-refractivity contribution in [2.24, 2.45) is 0 Å². The first-order valence-corrected chi connectivity index (χ1v) is 8.58. The van der Waals surface area contributed by atoms with E-state index in [2.05, 4.69) is 4.98 Å². The minimum absolute atomic E-state index is 0.0762. The van der Waals surface area contributed by atoms with Gasteiger partial charge < -0.3 is 9.47 Å². The molecule has 4 aromatic rings. The Hall–Kier alpha value is -3.55. The van der Waals surface area contributed by atoms with Crippen molar-refractivity contribution < 1.29 is 22.6 Å². The molecule has 0 aliphatic heterocycles. The van der Waals surface area contributed by atoms with Gasteiger partial charge in [0.1, 0.15) is 22.8 Å². The smallest absolute Gasteiger partial charge is 0.431 e. The van der Waals surface area contributed by atoms with E-state index in [1.54, 1.807) is 30.3 Å². The highest BCUT2D eigenvalue weighted by Crippen LogP contribution is 2.33. The molecule has 2 aromatic carbocycles. The summed E-state index contributed by atoms with van der Waals surface area (Å²) in [6.45, 7) is 0. The quantitative estimate of drug-likeness (QED) is 0.473. The molecule has 2 heterocycles.